The highest BCUT2D eigenvalue weighted by Crippen LogP contribution is 2.19. The molecule has 0 radical (unpaired) electrons. The van der Waals surface area contributed by atoms with Crippen molar-refractivity contribution in [3.63, 3.8) is 0 Å². The summed E-state index contributed by atoms with van der Waals surface area (Å²) in [5.41, 5.74) is 4.38. The van der Waals surface area contributed by atoms with Crippen LogP contribution in [0.4, 0.5) is 5.69 Å². The Morgan fingerprint density at radius 2 is 2.18 bits per heavy atom. The van der Waals surface area contributed by atoms with Crippen molar-refractivity contribution in [3.8, 4) is 12.1 Å². The van der Waals surface area contributed by atoms with E-state index in [2.05, 4.69) is 15.5 Å². The van der Waals surface area contributed by atoms with Gasteiger partial charge in [-0.3, -0.25) is 5.43 Å². The molecule has 0 unspecified atom stereocenters. The summed E-state index contributed by atoms with van der Waals surface area (Å²) in [4.78, 5) is 4.16. The second-order valence-corrected chi connectivity index (χ2v) is 3.21. The number of anilines is 1. The number of fused-ring (bicyclic) bond motifs is 1. The van der Waals surface area contributed by atoms with E-state index < -0.39 is 0 Å². The molecule has 6 nitrogen and oxygen atoms in total. The Kier molecular flexibility index (Phi) is 2.71. The third kappa shape index (κ3) is 2.21. The van der Waals surface area contributed by atoms with Crippen molar-refractivity contribution in [2.75, 3.05) is 5.43 Å². The molecular weight excluding hydrogens is 218 g/mol. The van der Waals surface area contributed by atoms with E-state index in [-0.39, 0.29) is 5.71 Å². The van der Waals surface area contributed by atoms with Crippen LogP contribution in [0, 0.1) is 29.6 Å². The molecule has 1 aromatic heterocycles. The number of nitriles is 2. The third-order valence-electron chi connectivity index (χ3n) is 2.00. The Morgan fingerprint density at radius 3 is 2.88 bits per heavy atom. The first kappa shape index (κ1) is 10.7. The first-order chi connectivity index (χ1) is 8.22. The number of oxazole rings is 1. The van der Waals surface area contributed by atoms with E-state index in [1.807, 2.05) is 0 Å². The van der Waals surface area contributed by atoms with Gasteiger partial charge >= 0.3 is 0 Å². The van der Waals surface area contributed by atoms with Crippen LogP contribution in [0.3, 0.4) is 0 Å². The van der Waals surface area contributed by atoms with Gasteiger partial charge in [-0.15, -0.1) is 0 Å². The van der Waals surface area contributed by atoms with Crippen LogP contribution in [-0.2, 0) is 0 Å². The minimum Gasteiger partial charge on any atom is -0.441 e. The Labute approximate surface area is 96.8 Å². The van der Waals surface area contributed by atoms with Crippen LogP contribution in [0.15, 0.2) is 27.7 Å². The van der Waals surface area contributed by atoms with Gasteiger partial charge in [0.15, 0.2) is 11.5 Å². The van der Waals surface area contributed by atoms with Crippen LogP contribution >= 0.6 is 0 Å². The average molecular weight is 225 g/mol. The highest BCUT2D eigenvalue weighted by molar-refractivity contribution is 6.10. The molecule has 82 valence electrons. The molecule has 0 bridgehead atoms. The lowest BCUT2D eigenvalue weighted by Crippen LogP contribution is -1.95. The van der Waals surface area contributed by atoms with Crippen molar-refractivity contribution in [2.45, 2.75) is 6.92 Å². The fraction of sp³-hybridized carbons (Fsp3) is 0.0909. The molecule has 0 aliphatic rings. The number of rotatable bonds is 2. The lowest BCUT2D eigenvalue weighted by Gasteiger charge is -1.97. The minimum absolute atomic E-state index is 0.235. The summed E-state index contributed by atoms with van der Waals surface area (Å²) in [6.07, 6.45) is 0. The van der Waals surface area contributed by atoms with Gasteiger partial charge in [0.1, 0.15) is 17.7 Å². The van der Waals surface area contributed by atoms with Crippen LogP contribution in [0.1, 0.15) is 5.89 Å². The van der Waals surface area contributed by atoms with E-state index in [0.29, 0.717) is 22.7 Å². The maximum absolute atomic E-state index is 8.51. The number of aromatic nitrogens is 1. The molecule has 0 aliphatic carbocycles. The average Bonchev–Trinajstić information content (AvgIpc) is 2.69. The zero-order valence-corrected chi connectivity index (χ0v) is 8.93. The lowest BCUT2D eigenvalue weighted by molar-refractivity contribution is 0.561. The molecule has 1 aromatic carbocycles. The Bertz CT molecular complexity index is 655. The standard InChI is InChI=1S/C11H7N5O/c1-7-14-10-4-8(2-3-11(10)17-7)15-16-9(5-12)6-13/h2-4,15H,1H3. The highest BCUT2D eigenvalue weighted by atomic mass is 16.3. The number of aryl methyl sites for hydroxylation is 1. The largest absolute Gasteiger partial charge is 0.441 e. The molecule has 0 amide bonds. The van der Waals surface area contributed by atoms with Crippen LogP contribution in [0.2, 0.25) is 0 Å². The van der Waals surface area contributed by atoms with E-state index in [9.17, 15) is 0 Å². The van der Waals surface area contributed by atoms with E-state index in [4.69, 9.17) is 14.9 Å². The van der Waals surface area contributed by atoms with Gasteiger partial charge < -0.3 is 4.42 Å². The SMILES string of the molecule is Cc1nc2cc(NN=C(C#N)C#N)ccc2o1. The number of hydrazone groups is 1. The first-order valence-corrected chi connectivity index (χ1v) is 4.74. The van der Waals surface area contributed by atoms with Crippen molar-refractivity contribution in [1.29, 1.82) is 10.5 Å². The highest BCUT2D eigenvalue weighted by Gasteiger charge is 2.02. The summed E-state index contributed by atoms with van der Waals surface area (Å²) in [5.74, 6) is 0.579. The molecule has 0 saturated heterocycles. The summed E-state index contributed by atoms with van der Waals surface area (Å²) in [5, 5.41) is 20.6. The third-order valence-corrected chi connectivity index (χ3v) is 2.00. The molecule has 17 heavy (non-hydrogen) atoms. The second-order valence-electron chi connectivity index (χ2n) is 3.21. The van der Waals surface area contributed by atoms with Gasteiger partial charge in [0.05, 0.1) is 5.69 Å². The first-order valence-electron chi connectivity index (χ1n) is 4.74. The summed E-state index contributed by atoms with van der Waals surface area (Å²) >= 11 is 0. The molecule has 6 heteroatoms. The molecule has 1 N–H and O–H groups in total. The summed E-state index contributed by atoms with van der Waals surface area (Å²) in [6.45, 7) is 1.76. The van der Waals surface area contributed by atoms with Crippen molar-refractivity contribution in [1.82, 2.24) is 4.98 Å². The van der Waals surface area contributed by atoms with E-state index >= 15 is 0 Å². The molecule has 0 spiro atoms. The fourth-order valence-corrected chi connectivity index (χ4v) is 1.31. The Balaban J connectivity index is 2.29. The quantitative estimate of drug-likeness (QED) is 0.622. The fourth-order valence-electron chi connectivity index (χ4n) is 1.31. The van der Waals surface area contributed by atoms with Gasteiger partial charge in [-0.2, -0.15) is 15.6 Å². The van der Waals surface area contributed by atoms with Crippen molar-refractivity contribution >= 4 is 22.5 Å². The van der Waals surface area contributed by atoms with Gasteiger partial charge in [-0.05, 0) is 18.2 Å². The van der Waals surface area contributed by atoms with Gasteiger partial charge in [0.25, 0.3) is 0 Å². The minimum atomic E-state index is -0.235. The predicted octanol–water partition coefficient (Wildman–Crippen LogP) is 1.95. The number of hydrogen-bond donors (Lipinski definition) is 1. The van der Waals surface area contributed by atoms with E-state index in [1.165, 1.54) is 0 Å². The number of hydrogen-bond acceptors (Lipinski definition) is 6. The maximum atomic E-state index is 8.51. The topological polar surface area (TPSA) is 98.0 Å². The van der Waals surface area contributed by atoms with Gasteiger partial charge in [0.2, 0.25) is 5.71 Å². The molecule has 1 heterocycles. The Hall–Kier alpha value is -2.86. The number of nitrogens with zero attached hydrogens (tertiary/aromatic N) is 4. The van der Waals surface area contributed by atoms with E-state index in [0.717, 1.165) is 0 Å². The van der Waals surface area contributed by atoms with E-state index in [1.54, 1.807) is 37.3 Å². The molecule has 2 rings (SSSR count). The van der Waals surface area contributed by atoms with Crippen LogP contribution in [0.25, 0.3) is 11.1 Å². The normalized spacial score (nSPS) is 9.35. The summed E-state index contributed by atoms with van der Waals surface area (Å²) in [6, 6.07) is 8.50. The zero-order valence-electron chi connectivity index (χ0n) is 8.93. The van der Waals surface area contributed by atoms with Crippen molar-refractivity contribution in [3.05, 3.63) is 24.1 Å². The predicted molar refractivity (Wildman–Crippen MR) is 61.0 cm³/mol. The molecule has 0 fully saturated rings. The monoisotopic (exact) mass is 225 g/mol. The number of benzene rings is 1. The lowest BCUT2D eigenvalue weighted by atomic mass is 10.3. The molecular formula is C11H7N5O. The maximum Gasteiger partial charge on any atom is 0.237 e. The zero-order chi connectivity index (χ0) is 12.3. The van der Waals surface area contributed by atoms with Crippen LogP contribution in [-0.4, -0.2) is 10.7 Å². The van der Waals surface area contributed by atoms with Gasteiger partial charge in [-0.1, -0.05) is 0 Å². The van der Waals surface area contributed by atoms with Crippen LogP contribution in [0.5, 0.6) is 0 Å². The summed E-state index contributed by atoms with van der Waals surface area (Å²) < 4.78 is 5.31. The molecule has 2 aromatic rings. The molecule has 0 atom stereocenters. The van der Waals surface area contributed by atoms with Gasteiger partial charge in [0, 0.05) is 6.92 Å². The second kappa shape index (κ2) is 4.33. The molecule has 0 saturated carbocycles. The molecule has 0 aliphatic heterocycles. The smallest absolute Gasteiger partial charge is 0.237 e. The number of nitrogens with one attached hydrogen (secondary N) is 1. The van der Waals surface area contributed by atoms with Gasteiger partial charge in [-0.25, -0.2) is 4.98 Å². The van der Waals surface area contributed by atoms with Crippen molar-refractivity contribution in [2.24, 2.45) is 5.10 Å². The van der Waals surface area contributed by atoms with Crippen molar-refractivity contribution < 1.29 is 4.42 Å². The van der Waals surface area contributed by atoms with Crippen LogP contribution < -0.4 is 5.43 Å². The Morgan fingerprint density at radius 1 is 1.41 bits per heavy atom. The summed E-state index contributed by atoms with van der Waals surface area (Å²) in [7, 11) is 0.